The number of rotatable bonds is 4. The van der Waals surface area contributed by atoms with Crippen LogP contribution < -0.4 is 16.2 Å². The van der Waals surface area contributed by atoms with Gasteiger partial charge < -0.3 is 10.6 Å². The van der Waals surface area contributed by atoms with Crippen molar-refractivity contribution in [2.75, 3.05) is 11.9 Å². The fourth-order valence-electron chi connectivity index (χ4n) is 2.30. The fourth-order valence-corrected chi connectivity index (χ4v) is 3.32. The molecule has 1 aliphatic heterocycles. The van der Waals surface area contributed by atoms with Crippen LogP contribution in [0.4, 0.5) is 5.82 Å². The number of anilines is 1. The molecule has 1 amide bonds. The highest BCUT2D eigenvalue weighted by Crippen LogP contribution is 2.27. The van der Waals surface area contributed by atoms with Crippen LogP contribution in [0.5, 0.6) is 0 Å². The molecule has 2 aromatic rings. The zero-order valence-corrected chi connectivity index (χ0v) is 14.5. The van der Waals surface area contributed by atoms with Crippen molar-refractivity contribution < 1.29 is 4.79 Å². The first-order valence-corrected chi connectivity index (χ1v) is 8.35. The van der Waals surface area contributed by atoms with Crippen molar-refractivity contribution in [1.82, 2.24) is 14.7 Å². The summed E-state index contributed by atoms with van der Waals surface area (Å²) >= 11 is 6.11. The van der Waals surface area contributed by atoms with E-state index in [4.69, 9.17) is 12.2 Å². The lowest BCUT2D eigenvalue weighted by atomic mass is 10.2. The van der Waals surface area contributed by atoms with Gasteiger partial charge >= 0.3 is 0 Å². The average Bonchev–Trinajstić information content (AvgIpc) is 2.87. The molecular formula is C16H14N4O2S2. The Labute approximate surface area is 147 Å². The van der Waals surface area contributed by atoms with Gasteiger partial charge in [0, 0.05) is 12.7 Å². The summed E-state index contributed by atoms with van der Waals surface area (Å²) in [7, 11) is 0. The van der Waals surface area contributed by atoms with Crippen LogP contribution in [0.15, 0.2) is 40.7 Å². The van der Waals surface area contributed by atoms with E-state index in [0.29, 0.717) is 32.8 Å². The molecule has 24 heavy (non-hydrogen) atoms. The summed E-state index contributed by atoms with van der Waals surface area (Å²) in [6.45, 7) is 5.99. The lowest BCUT2D eigenvalue weighted by Gasteiger charge is -2.11. The molecule has 0 unspecified atom stereocenters. The number of nitrogens with one attached hydrogen (secondary N) is 2. The number of carbonyl (C=O) groups is 1. The minimum Gasteiger partial charge on any atom is -0.366 e. The second-order valence-corrected chi connectivity index (χ2v) is 6.80. The highest BCUT2D eigenvalue weighted by atomic mass is 32.2. The predicted octanol–water partition coefficient (Wildman–Crippen LogP) is 2.09. The number of thiocarbonyl (C=S) groups is 1. The van der Waals surface area contributed by atoms with Gasteiger partial charge in [0.1, 0.15) is 15.8 Å². The first-order valence-electron chi connectivity index (χ1n) is 7.13. The number of hydrogen-bond acceptors (Lipinski definition) is 6. The molecule has 0 saturated carbocycles. The van der Waals surface area contributed by atoms with Crippen molar-refractivity contribution in [3.8, 4) is 0 Å². The van der Waals surface area contributed by atoms with Crippen molar-refractivity contribution in [3.63, 3.8) is 0 Å². The van der Waals surface area contributed by atoms with Crippen LogP contribution >= 0.6 is 24.0 Å². The molecule has 6 nitrogen and oxygen atoms in total. The van der Waals surface area contributed by atoms with Crippen LogP contribution in [0.2, 0.25) is 0 Å². The number of aryl methyl sites for hydroxylation is 1. The third kappa shape index (κ3) is 2.98. The fraction of sp³-hybridized carbons (Fsp3) is 0.125. The van der Waals surface area contributed by atoms with Crippen LogP contribution in [0.1, 0.15) is 11.1 Å². The van der Waals surface area contributed by atoms with Crippen molar-refractivity contribution in [3.05, 3.63) is 57.4 Å². The van der Waals surface area contributed by atoms with E-state index in [-0.39, 0.29) is 11.5 Å². The zero-order chi connectivity index (χ0) is 17.3. The van der Waals surface area contributed by atoms with Gasteiger partial charge in [-0.3, -0.25) is 14.0 Å². The van der Waals surface area contributed by atoms with Gasteiger partial charge in [0.05, 0.1) is 10.5 Å². The molecule has 1 fully saturated rings. The van der Waals surface area contributed by atoms with Gasteiger partial charge in [0.25, 0.3) is 11.5 Å². The van der Waals surface area contributed by atoms with Crippen molar-refractivity contribution >= 4 is 51.7 Å². The molecule has 2 N–H and O–H groups in total. The van der Waals surface area contributed by atoms with E-state index in [0.717, 1.165) is 17.3 Å². The molecule has 122 valence electrons. The van der Waals surface area contributed by atoms with Crippen LogP contribution in [-0.4, -0.2) is 26.2 Å². The number of nitrogens with zero attached hydrogens (tertiary/aromatic N) is 2. The lowest BCUT2D eigenvalue weighted by Crippen LogP contribution is -2.22. The quantitative estimate of drug-likeness (QED) is 0.495. The molecule has 0 atom stereocenters. The van der Waals surface area contributed by atoms with E-state index < -0.39 is 0 Å². The molecule has 0 spiro atoms. The standard InChI is InChI=1S/C16H14N4O2S2/c1-3-6-17-12-10(8-11-14(21)19-16(23)24-11)15(22)20-7-4-5-9(2)13(20)18-12/h3-5,7-8,17H,1,6H2,2H3,(H,19,21,23)/b11-8-. The molecule has 0 aliphatic carbocycles. The molecule has 3 rings (SSSR count). The van der Waals surface area contributed by atoms with Crippen LogP contribution in [0.25, 0.3) is 11.7 Å². The molecule has 1 aliphatic rings. The molecule has 0 radical (unpaired) electrons. The highest BCUT2D eigenvalue weighted by molar-refractivity contribution is 8.26. The maximum atomic E-state index is 12.9. The third-order valence-electron chi connectivity index (χ3n) is 3.42. The van der Waals surface area contributed by atoms with Gasteiger partial charge in [-0.25, -0.2) is 4.98 Å². The molecule has 8 heteroatoms. The summed E-state index contributed by atoms with van der Waals surface area (Å²) in [5, 5.41) is 5.60. The minimum absolute atomic E-state index is 0.256. The van der Waals surface area contributed by atoms with Gasteiger partial charge in [0.15, 0.2) is 0 Å². The Hall–Kier alpha value is -2.45. The normalized spacial score (nSPS) is 15.8. The van der Waals surface area contributed by atoms with Crippen LogP contribution in [0.3, 0.4) is 0 Å². The smallest absolute Gasteiger partial charge is 0.267 e. The number of pyridine rings is 1. The van der Waals surface area contributed by atoms with E-state index in [1.165, 1.54) is 10.5 Å². The Balaban J connectivity index is 2.24. The van der Waals surface area contributed by atoms with Gasteiger partial charge in [-0.2, -0.15) is 0 Å². The zero-order valence-electron chi connectivity index (χ0n) is 12.8. The van der Waals surface area contributed by atoms with Crippen molar-refractivity contribution in [1.29, 1.82) is 0 Å². The van der Waals surface area contributed by atoms with Gasteiger partial charge in [-0.15, -0.1) is 6.58 Å². The third-order valence-corrected chi connectivity index (χ3v) is 4.58. The first kappa shape index (κ1) is 16.4. The van der Waals surface area contributed by atoms with E-state index in [1.807, 2.05) is 13.0 Å². The van der Waals surface area contributed by atoms with Crippen molar-refractivity contribution in [2.24, 2.45) is 0 Å². The summed E-state index contributed by atoms with van der Waals surface area (Å²) in [5.41, 5.74) is 1.50. The Bertz CT molecular complexity index is 962. The number of amides is 1. The monoisotopic (exact) mass is 358 g/mol. The second kappa shape index (κ2) is 6.58. The van der Waals surface area contributed by atoms with Crippen molar-refractivity contribution in [2.45, 2.75) is 6.92 Å². The summed E-state index contributed by atoms with van der Waals surface area (Å²) < 4.78 is 1.84. The van der Waals surface area contributed by atoms with Crippen LogP contribution in [0, 0.1) is 6.92 Å². The minimum atomic E-state index is -0.312. The van der Waals surface area contributed by atoms with Crippen LogP contribution in [-0.2, 0) is 4.79 Å². The number of hydrogen-bond donors (Lipinski definition) is 2. The first-order chi connectivity index (χ1) is 11.5. The number of thioether (sulfide) groups is 1. The Morgan fingerprint density at radius 2 is 2.29 bits per heavy atom. The largest absolute Gasteiger partial charge is 0.366 e. The Morgan fingerprint density at radius 3 is 2.96 bits per heavy atom. The molecular weight excluding hydrogens is 344 g/mol. The van der Waals surface area contributed by atoms with E-state index in [2.05, 4.69) is 22.2 Å². The highest BCUT2D eigenvalue weighted by Gasteiger charge is 2.23. The summed E-state index contributed by atoms with van der Waals surface area (Å²) in [6, 6.07) is 3.67. The second-order valence-electron chi connectivity index (χ2n) is 5.09. The number of aromatic nitrogens is 2. The van der Waals surface area contributed by atoms with E-state index >= 15 is 0 Å². The van der Waals surface area contributed by atoms with E-state index in [1.54, 1.807) is 18.3 Å². The molecule has 0 aromatic carbocycles. The van der Waals surface area contributed by atoms with Gasteiger partial charge in [-0.1, -0.05) is 36.1 Å². The van der Waals surface area contributed by atoms with Gasteiger partial charge in [0.2, 0.25) is 0 Å². The maximum absolute atomic E-state index is 12.9. The Morgan fingerprint density at radius 1 is 1.50 bits per heavy atom. The SMILES string of the molecule is C=CCNc1nc2c(C)cccn2c(=O)c1/C=C1\SC(=S)NC1=O. The predicted molar refractivity (Wildman–Crippen MR) is 101 cm³/mol. The topological polar surface area (TPSA) is 75.5 Å². The summed E-state index contributed by atoms with van der Waals surface area (Å²) in [5.74, 6) is 0.0985. The summed E-state index contributed by atoms with van der Waals surface area (Å²) in [4.78, 5) is 29.7. The maximum Gasteiger partial charge on any atom is 0.267 e. The molecule has 1 saturated heterocycles. The number of carbonyl (C=O) groups excluding carboxylic acids is 1. The Kier molecular flexibility index (Phi) is 4.50. The van der Waals surface area contributed by atoms with Gasteiger partial charge in [-0.05, 0) is 24.6 Å². The average molecular weight is 358 g/mol. The molecule has 2 aromatic heterocycles. The lowest BCUT2D eigenvalue weighted by molar-refractivity contribution is -0.115. The molecule has 3 heterocycles. The summed E-state index contributed by atoms with van der Waals surface area (Å²) in [6.07, 6.45) is 4.85. The van der Waals surface area contributed by atoms with E-state index in [9.17, 15) is 9.59 Å². The molecule has 0 bridgehead atoms. The number of fused-ring (bicyclic) bond motifs is 1.